The van der Waals surface area contributed by atoms with Gasteiger partial charge in [-0.25, -0.2) is 4.99 Å². The Morgan fingerprint density at radius 1 is 1.05 bits per heavy atom. The summed E-state index contributed by atoms with van der Waals surface area (Å²) in [6.45, 7) is 10.6. The van der Waals surface area contributed by atoms with Gasteiger partial charge >= 0.3 is 6.18 Å². The quantitative estimate of drug-likeness (QED) is 0.277. The van der Waals surface area contributed by atoms with Crippen molar-refractivity contribution in [3.05, 3.63) is 89.1 Å². The van der Waals surface area contributed by atoms with Crippen LogP contribution in [0.15, 0.2) is 71.9 Å². The van der Waals surface area contributed by atoms with Gasteiger partial charge in [0.15, 0.2) is 0 Å². The normalized spacial score (nSPS) is 20.8. The molecule has 218 valence electrons. The zero-order chi connectivity index (χ0) is 29.1. The van der Waals surface area contributed by atoms with Crippen LogP contribution in [0.5, 0.6) is 0 Å². The molecule has 1 saturated carbocycles. The minimum absolute atomic E-state index is 0.108. The zero-order valence-electron chi connectivity index (χ0n) is 24.1. The lowest BCUT2D eigenvalue weighted by Gasteiger charge is -2.37. The number of nitrogens with one attached hydrogen (secondary N) is 3. The van der Waals surface area contributed by atoms with Gasteiger partial charge in [0, 0.05) is 34.5 Å². The van der Waals surface area contributed by atoms with Gasteiger partial charge in [0.1, 0.15) is 12.0 Å². The summed E-state index contributed by atoms with van der Waals surface area (Å²) in [4.78, 5) is 4.67. The van der Waals surface area contributed by atoms with Crippen LogP contribution in [-0.2, 0) is 6.18 Å². The lowest BCUT2D eigenvalue weighted by Crippen LogP contribution is -2.42. The van der Waals surface area contributed by atoms with E-state index in [9.17, 15) is 13.2 Å². The van der Waals surface area contributed by atoms with Crippen molar-refractivity contribution < 1.29 is 13.2 Å². The molecule has 4 rings (SSSR count). The summed E-state index contributed by atoms with van der Waals surface area (Å²) < 4.78 is 45.1. The van der Waals surface area contributed by atoms with Crippen molar-refractivity contribution in [1.29, 1.82) is 0 Å². The lowest BCUT2D eigenvalue weighted by atomic mass is 9.82. The molecule has 0 saturated heterocycles. The fraction of sp³-hybridized carbons (Fsp3) is 0.469. The van der Waals surface area contributed by atoms with Crippen molar-refractivity contribution in [2.24, 2.45) is 10.9 Å². The van der Waals surface area contributed by atoms with Gasteiger partial charge in [-0.1, -0.05) is 107 Å². The molecule has 1 fully saturated rings. The number of hydrogen-bond donors (Lipinski definition) is 3. The van der Waals surface area contributed by atoms with E-state index in [0.717, 1.165) is 48.6 Å². The number of nitrogens with zero attached hydrogens (tertiary/aromatic N) is 1. The van der Waals surface area contributed by atoms with Gasteiger partial charge in [-0.05, 0) is 43.7 Å². The average Bonchev–Trinajstić information content (AvgIpc) is 2.94. The number of benzene rings is 2. The Kier molecular flexibility index (Phi) is 12.2. The van der Waals surface area contributed by atoms with E-state index in [1.807, 2.05) is 43.5 Å². The van der Waals surface area contributed by atoms with Crippen LogP contribution < -0.4 is 15.4 Å². The highest BCUT2D eigenvalue weighted by molar-refractivity contribution is 7.96. The van der Waals surface area contributed by atoms with Gasteiger partial charge in [0.2, 0.25) is 0 Å². The Balaban J connectivity index is 0.000000810. The number of aryl methyl sites for hydroxylation is 1. The van der Waals surface area contributed by atoms with E-state index < -0.39 is 17.9 Å². The van der Waals surface area contributed by atoms with Crippen LogP contribution in [0.4, 0.5) is 13.2 Å². The SMILES string of the molecule is C=C(NC1=NC(c2ccccc2C(F)(F)F)NC(C2CCCCC2NSC)=C1)c1ccccc1C.CCCCC. The minimum Gasteiger partial charge on any atom is -0.363 e. The highest BCUT2D eigenvalue weighted by atomic mass is 32.2. The van der Waals surface area contributed by atoms with E-state index in [0.29, 0.717) is 11.5 Å². The second kappa shape index (κ2) is 15.3. The van der Waals surface area contributed by atoms with E-state index in [1.165, 1.54) is 31.4 Å². The van der Waals surface area contributed by atoms with Gasteiger partial charge in [-0.3, -0.25) is 4.72 Å². The Labute approximate surface area is 242 Å². The molecule has 0 amide bonds. The van der Waals surface area contributed by atoms with Crippen LogP contribution >= 0.6 is 11.9 Å². The summed E-state index contributed by atoms with van der Waals surface area (Å²) in [5.74, 6) is 0.651. The summed E-state index contributed by atoms with van der Waals surface area (Å²) in [6, 6.07) is 13.7. The molecule has 3 unspecified atom stereocenters. The molecule has 4 nitrogen and oxygen atoms in total. The number of unbranched alkanes of at least 4 members (excludes halogenated alkanes) is 2. The maximum atomic E-state index is 13.9. The smallest absolute Gasteiger partial charge is 0.363 e. The van der Waals surface area contributed by atoms with Gasteiger partial charge in [0.25, 0.3) is 0 Å². The molecule has 0 radical (unpaired) electrons. The lowest BCUT2D eigenvalue weighted by molar-refractivity contribution is -0.138. The first-order valence-electron chi connectivity index (χ1n) is 14.2. The molecule has 0 spiro atoms. The Bertz CT molecular complexity index is 1170. The molecule has 1 heterocycles. The number of aliphatic imine (C=N–C) groups is 1. The number of halogens is 3. The van der Waals surface area contributed by atoms with Crippen LogP contribution in [0, 0.1) is 12.8 Å². The largest absolute Gasteiger partial charge is 0.416 e. The van der Waals surface area contributed by atoms with Crippen molar-refractivity contribution in [2.45, 2.75) is 84.1 Å². The number of rotatable bonds is 8. The molecule has 40 heavy (non-hydrogen) atoms. The van der Waals surface area contributed by atoms with E-state index in [-0.39, 0.29) is 17.5 Å². The number of alkyl halides is 3. The van der Waals surface area contributed by atoms with Crippen LogP contribution in [0.25, 0.3) is 5.70 Å². The molecule has 3 N–H and O–H groups in total. The molecule has 3 atom stereocenters. The molecule has 2 aromatic rings. The van der Waals surface area contributed by atoms with Crippen molar-refractivity contribution in [3.63, 3.8) is 0 Å². The summed E-state index contributed by atoms with van der Waals surface area (Å²) in [6.07, 6.45) is 6.85. The molecule has 1 aliphatic heterocycles. The molecule has 2 aromatic carbocycles. The third-order valence-electron chi connectivity index (χ3n) is 7.32. The average molecular weight is 573 g/mol. The highest BCUT2D eigenvalue weighted by Crippen LogP contribution is 2.38. The summed E-state index contributed by atoms with van der Waals surface area (Å²) in [7, 11) is 0. The first-order chi connectivity index (χ1) is 19.2. The van der Waals surface area contributed by atoms with Crippen molar-refractivity contribution in [3.8, 4) is 0 Å². The standard InChI is InChI=1S/C27H31F3N4S.C5H12/c1-17-10-4-5-11-19(17)18(2)31-25-16-24(21-13-7-9-15-23(21)34-35-3)32-26(33-25)20-12-6-8-14-22(20)27(28,29)30;1-3-5-4-2/h4-6,8,10-12,14,16,21,23,26,32,34H,2,7,9,13,15H2,1,3H3,(H,31,33);3-5H2,1-2H3. The van der Waals surface area contributed by atoms with E-state index in [1.54, 1.807) is 18.0 Å². The maximum absolute atomic E-state index is 13.9. The highest BCUT2D eigenvalue weighted by Gasteiger charge is 2.37. The fourth-order valence-electron chi connectivity index (χ4n) is 5.26. The number of hydrogen-bond acceptors (Lipinski definition) is 5. The van der Waals surface area contributed by atoms with Crippen LogP contribution in [0.2, 0.25) is 0 Å². The Morgan fingerprint density at radius 3 is 2.38 bits per heavy atom. The maximum Gasteiger partial charge on any atom is 0.416 e. The van der Waals surface area contributed by atoms with E-state index in [4.69, 9.17) is 0 Å². The van der Waals surface area contributed by atoms with Crippen molar-refractivity contribution >= 4 is 23.5 Å². The fourth-order valence-corrected chi connectivity index (χ4v) is 5.85. The van der Waals surface area contributed by atoms with Crippen LogP contribution in [0.3, 0.4) is 0 Å². The molecule has 2 aliphatic rings. The third-order valence-corrected chi connectivity index (χ3v) is 7.85. The summed E-state index contributed by atoms with van der Waals surface area (Å²) >= 11 is 1.58. The number of amidine groups is 1. The molecule has 8 heteroatoms. The molecule has 0 bridgehead atoms. The molecule has 0 aromatic heterocycles. The van der Waals surface area contributed by atoms with Crippen molar-refractivity contribution in [1.82, 2.24) is 15.4 Å². The summed E-state index contributed by atoms with van der Waals surface area (Å²) in [5, 5.41) is 6.63. The van der Waals surface area contributed by atoms with Crippen molar-refractivity contribution in [2.75, 3.05) is 6.26 Å². The minimum atomic E-state index is -4.47. The third kappa shape index (κ3) is 8.64. The van der Waals surface area contributed by atoms with Crippen LogP contribution in [-0.4, -0.2) is 18.1 Å². The van der Waals surface area contributed by atoms with Gasteiger partial charge in [0.05, 0.1) is 5.56 Å². The first-order valence-corrected chi connectivity index (χ1v) is 15.4. The first kappa shape index (κ1) is 31.8. The van der Waals surface area contributed by atoms with E-state index in [2.05, 4.69) is 40.8 Å². The van der Waals surface area contributed by atoms with Gasteiger partial charge in [-0.2, -0.15) is 13.2 Å². The molecular formula is C32H43F3N4S. The summed E-state index contributed by atoms with van der Waals surface area (Å²) in [5.41, 5.74) is 2.98. The Hall–Kier alpha value is -2.71. The van der Waals surface area contributed by atoms with Crippen LogP contribution in [0.1, 0.15) is 87.2 Å². The monoisotopic (exact) mass is 572 g/mol. The second-order valence-electron chi connectivity index (χ2n) is 10.3. The van der Waals surface area contributed by atoms with Gasteiger partial charge < -0.3 is 10.6 Å². The topological polar surface area (TPSA) is 48.5 Å². The van der Waals surface area contributed by atoms with E-state index >= 15 is 0 Å². The Morgan fingerprint density at radius 2 is 1.73 bits per heavy atom. The second-order valence-corrected chi connectivity index (χ2v) is 11.0. The predicted molar refractivity (Wildman–Crippen MR) is 164 cm³/mol. The molecular weight excluding hydrogens is 529 g/mol. The zero-order valence-corrected chi connectivity index (χ0v) is 24.9. The predicted octanol–water partition coefficient (Wildman–Crippen LogP) is 8.78. The molecule has 1 aliphatic carbocycles. The van der Waals surface area contributed by atoms with Gasteiger partial charge in [-0.15, -0.1) is 0 Å².